The van der Waals surface area contributed by atoms with E-state index in [1.165, 1.54) is 17.5 Å². The molecule has 2 aromatic heterocycles. The number of benzene rings is 2. The van der Waals surface area contributed by atoms with Gasteiger partial charge < -0.3 is 5.73 Å². The minimum absolute atomic E-state index is 0.415. The quantitative estimate of drug-likeness (QED) is 0.557. The smallest absolute Gasteiger partial charge is 0.171 e. The van der Waals surface area contributed by atoms with E-state index in [1.54, 1.807) is 11.8 Å². The van der Waals surface area contributed by atoms with Crippen molar-refractivity contribution in [3.63, 3.8) is 0 Å². The largest absolute Gasteiger partial charge is 0.382 e. The fourth-order valence-electron chi connectivity index (χ4n) is 2.67. The Bertz CT molecular complexity index is 983. The number of aromatic nitrogens is 4. The van der Waals surface area contributed by atoms with Crippen LogP contribution in [0.2, 0.25) is 0 Å². The van der Waals surface area contributed by atoms with Crippen LogP contribution < -0.4 is 5.73 Å². The van der Waals surface area contributed by atoms with E-state index in [9.17, 15) is 0 Å². The molecule has 5 nitrogen and oxygen atoms in total. The number of rotatable bonds is 5. The topological polar surface area (TPSA) is 69.6 Å². The Kier molecular flexibility index (Phi) is 4.35. The zero-order valence-electron chi connectivity index (χ0n) is 13.5. The average molecular weight is 347 g/mol. The van der Waals surface area contributed by atoms with E-state index in [1.807, 2.05) is 36.4 Å². The zero-order valence-corrected chi connectivity index (χ0v) is 14.4. The van der Waals surface area contributed by atoms with Gasteiger partial charge in [0.1, 0.15) is 6.33 Å². The Morgan fingerprint density at radius 3 is 2.28 bits per heavy atom. The summed E-state index contributed by atoms with van der Waals surface area (Å²) in [6, 6.07) is 20.6. The molecule has 4 aromatic rings. The maximum Gasteiger partial charge on any atom is 0.171 e. The van der Waals surface area contributed by atoms with Gasteiger partial charge in [0, 0.05) is 5.75 Å². The van der Waals surface area contributed by atoms with Gasteiger partial charge in [0.2, 0.25) is 0 Å². The molecule has 2 heterocycles. The van der Waals surface area contributed by atoms with Gasteiger partial charge in [-0.25, -0.2) is 15.0 Å². The Balaban J connectivity index is 1.71. The molecule has 0 fully saturated rings. The molecule has 124 valence electrons. The lowest BCUT2D eigenvalue weighted by Gasteiger charge is -2.08. The summed E-state index contributed by atoms with van der Waals surface area (Å²) in [5.41, 5.74) is 9.88. The summed E-state index contributed by atoms with van der Waals surface area (Å²) in [7, 11) is 0. The lowest BCUT2D eigenvalue weighted by Crippen LogP contribution is -2.03. The molecule has 25 heavy (non-hydrogen) atoms. The highest BCUT2D eigenvalue weighted by Crippen LogP contribution is 2.28. The van der Waals surface area contributed by atoms with Crippen LogP contribution in [0.1, 0.15) is 11.1 Å². The first kappa shape index (κ1) is 15.7. The predicted molar refractivity (Wildman–Crippen MR) is 101 cm³/mol. The second kappa shape index (κ2) is 6.94. The lowest BCUT2D eigenvalue weighted by atomic mass is 10.2. The van der Waals surface area contributed by atoms with Gasteiger partial charge in [-0.1, -0.05) is 72.4 Å². The van der Waals surface area contributed by atoms with Crippen LogP contribution in [0, 0.1) is 0 Å². The number of fused-ring (bicyclic) bond motifs is 1. The van der Waals surface area contributed by atoms with Crippen LogP contribution in [0.3, 0.4) is 0 Å². The van der Waals surface area contributed by atoms with E-state index in [4.69, 9.17) is 10.7 Å². The molecule has 0 amide bonds. The molecule has 0 unspecified atom stereocenters. The number of hydrogen-bond donors (Lipinski definition) is 1. The van der Waals surface area contributed by atoms with Crippen molar-refractivity contribution >= 4 is 28.7 Å². The highest BCUT2D eigenvalue weighted by atomic mass is 32.2. The third kappa shape index (κ3) is 3.34. The van der Waals surface area contributed by atoms with Crippen molar-refractivity contribution < 1.29 is 0 Å². The summed E-state index contributed by atoms with van der Waals surface area (Å²) in [4.78, 5) is 13.2. The molecule has 0 aliphatic heterocycles. The second-order valence-electron chi connectivity index (χ2n) is 5.67. The second-order valence-corrected chi connectivity index (χ2v) is 6.61. The van der Waals surface area contributed by atoms with Crippen LogP contribution in [-0.4, -0.2) is 19.5 Å². The van der Waals surface area contributed by atoms with Gasteiger partial charge in [-0.15, -0.1) is 0 Å². The molecule has 0 bridgehead atoms. The van der Waals surface area contributed by atoms with Gasteiger partial charge in [0.25, 0.3) is 0 Å². The summed E-state index contributed by atoms with van der Waals surface area (Å²) in [5, 5.41) is 0.898. The molecule has 2 aromatic carbocycles. The summed E-state index contributed by atoms with van der Waals surface area (Å²) < 4.78 is 2.11. The minimum Gasteiger partial charge on any atom is -0.382 e. The summed E-state index contributed by atoms with van der Waals surface area (Å²) in [6.07, 6.45) is 1.49. The van der Waals surface area contributed by atoms with Crippen molar-refractivity contribution in [1.29, 1.82) is 0 Å². The molecule has 0 spiro atoms. The molecule has 0 aliphatic carbocycles. The SMILES string of the molecule is Nc1ncnc2c1nc(SCc1ccccc1)n2Cc1ccccc1. The first-order valence-corrected chi connectivity index (χ1v) is 8.97. The molecule has 0 radical (unpaired) electrons. The van der Waals surface area contributed by atoms with Crippen molar-refractivity contribution in [2.24, 2.45) is 0 Å². The minimum atomic E-state index is 0.415. The van der Waals surface area contributed by atoms with E-state index in [0.717, 1.165) is 16.6 Å². The van der Waals surface area contributed by atoms with Crippen LogP contribution in [0.15, 0.2) is 72.1 Å². The molecule has 0 saturated heterocycles. The van der Waals surface area contributed by atoms with Crippen molar-refractivity contribution in [3.05, 3.63) is 78.1 Å². The Morgan fingerprint density at radius 1 is 0.880 bits per heavy atom. The van der Waals surface area contributed by atoms with Crippen molar-refractivity contribution in [3.8, 4) is 0 Å². The number of nitrogens with two attached hydrogens (primary N) is 1. The Morgan fingerprint density at radius 2 is 1.56 bits per heavy atom. The van der Waals surface area contributed by atoms with Crippen molar-refractivity contribution in [2.45, 2.75) is 17.5 Å². The fourth-order valence-corrected chi connectivity index (χ4v) is 3.63. The van der Waals surface area contributed by atoms with Crippen LogP contribution in [0.4, 0.5) is 5.82 Å². The van der Waals surface area contributed by atoms with E-state index < -0.39 is 0 Å². The predicted octanol–water partition coefficient (Wildman–Crippen LogP) is 3.75. The first-order chi connectivity index (χ1) is 12.3. The van der Waals surface area contributed by atoms with E-state index in [2.05, 4.69) is 38.8 Å². The van der Waals surface area contributed by atoms with E-state index >= 15 is 0 Å². The van der Waals surface area contributed by atoms with Crippen LogP contribution in [0.25, 0.3) is 11.2 Å². The van der Waals surface area contributed by atoms with Crippen molar-refractivity contribution in [2.75, 3.05) is 5.73 Å². The van der Waals surface area contributed by atoms with E-state index in [0.29, 0.717) is 17.9 Å². The molecule has 4 rings (SSSR count). The number of nitrogens with zero attached hydrogens (tertiary/aromatic N) is 4. The monoisotopic (exact) mass is 347 g/mol. The van der Waals surface area contributed by atoms with Crippen molar-refractivity contribution in [1.82, 2.24) is 19.5 Å². The number of thioether (sulfide) groups is 1. The lowest BCUT2D eigenvalue weighted by molar-refractivity contribution is 0.723. The number of nitrogen functional groups attached to an aromatic ring is 1. The van der Waals surface area contributed by atoms with Gasteiger partial charge in [-0.3, -0.25) is 4.57 Å². The molecule has 6 heteroatoms. The van der Waals surface area contributed by atoms with Gasteiger partial charge >= 0.3 is 0 Å². The highest BCUT2D eigenvalue weighted by molar-refractivity contribution is 7.98. The normalized spacial score (nSPS) is 11.0. The molecule has 2 N–H and O–H groups in total. The number of anilines is 1. The van der Waals surface area contributed by atoms with Crippen LogP contribution in [0.5, 0.6) is 0 Å². The standard InChI is InChI=1S/C19H17N5S/c20-17-16-18(22-13-21-17)24(11-14-7-3-1-4-8-14)19(23-16)25-12-15-9-5-2-6-10-15/h1-10,13H,11-12H2,(H2,20,21,22). The van der Waals surface area contributed by atoms with Gasteiger partial charge in [-0.2, -0.15) is 0 Å². The summed E-state index contributed by atoms with van der Waals surface area (Å²) in [5.74, 6) is 1.25. The highest BCUT2D eigenvalue weighted by Gasteiger charge is 2.15. The maximum atomic E-state index is 6.00. The Hall–Kier alpha value is -2.86. The Labute approximate surface area is 149 Å². The third-order valence-electron chi connectivity index (χ3n) is 3.92. The van der Waals surface area contributed by atoms with Crippen LogP contribution in [-0.2, 0) is 12.3 Å². The van der Waals surface area contributed by atoms with Gasteiger partial charge in [-0.05, 0) is 11.1 Å². The number of imidazole rings is 1. The zero-order chi connectivity index (χ0) is 17.1. The van der Waals surface area contributed by atoms with Gasteiger partial charge in [0.05, 0.1) is 6.54 Å². The molecular formula is C19H17N5S. The molecule has 0 atom stereocenters. The van der Waals surface area contributed by atoms with Crippen LogP contribution >= 0.6 is 11.8 Å². The first-order valence-electron chi connectivity index (χ1n) is 7.98. The average Bonchev–Trinajstić information content (AvgIpc) is 3.01. The summed E-state index contributed by atoms with van der Waals surface area (Å²) >= 11 is 1.68. The molecule has 0 saturated carbocycles. The third-order valence-corrected chi connectivity index (χ3v) is 4.97. The molecular weight excluding hydrogens is 330 g/mol. The maximum absolute atomic E-state index is 6.00. The van der Waals surface area contributed by atoms with Gasteiger partial charge in [0.15, 0.2) is 22.1 Å². The molecule has 0 aliphatic rings. The number of hydrogen-bond acceptors (Lipinski definition) is 5. The van der Waals surface area contributed by atoms with E-state index in [-0.39, 0.29) is 0 Å². The summed E-state index contributed by atoms with van der Waals surface area (Å²) in [6.45, 7) is 0.699. The fraction of sp³-hybridized carbons (Fsp3) is 0.105.